The number of ether oxygens (including phenoxy) is 1. The Morgan fingerprint density at radius 2 is 1.67 bits per heavy atom. The molecule has 0 aliphatic carbocycles. The van der Waals surface area contributed by atoms with Crippen molar-refractivity contribution < 1.29 is 53.3 Å². The Kier molecular flexibility index (Phi) is 14.2. The van der Waals surface area contributed by atoms with E-state index in [9.17, 15) is 44.1 Å². The number of aromatic nitrogens is 4. The van der Waals surface area contributed by atoms with Crippen LogP contribution >= 0.6 is 0 Å². The van der Waals surface area contributed by atoms with Gasteiger partial charge in [-0.05, 0) is 50.8 Å². The molecule has 6 amide bonds. The second-order valence-electron chi connectivity index (χ2n) is 15.7. The molecule has 2 fully saturated rings. The zero-order valence-electron chi connectivity index (χ0n) is 33.9. The highest BCUT2D eigenvalue weighted by Crippen LogP contribution is 2.27. The van der Waals surface area contributed by atoms with Gasteiger partial charge in [-0.3, -0.25) is 33.7 Å². The van der Waals surface area contributed by atoms with E-state index in [1.807, 2.05) is 12.1 Å². The average molecular weight is 847 g/mol. The number of benzene rings is 1. The van der Waals surface area contributed by atoms with Crippen molar-refractivity contribution >= 4 is 58.1 Å². The van der Waals surface area contributed by atoms with E-state index in [-0.39, 0.29) is 31.2 Å². The molecular weight excluding hydrogens is 795 g/mol. The minimum absolute atomic E-state index is 0.0640. The molecular formula is C40H52N11O10+. The summed E-state index contributed by atoms with van der Waals surface area (Å²) in [6, 6.07) is 3.84. The maximum absolute atomic E-state index is 13.7. The van der Waals surface area contributed by atoms with Crippen molar-refractivity contribution in [2.45, 2.75) is 88.7 Å². The van der Waals surface area contributed by atoms with E-state index in [2.05, 4.69) is 53.1 Å². The van der Waals surface area contributed by atoms with Crippen LogP contribution in [-0.2, 0) is 40.0 Å². The molecule has 21 heteroatoms. The molecule has 0 bridgehead atoms. The highest BCUT2D eigenvalue weighted by atomic mass is 16.5. The molecule has 61 heavy (non-hydrogen) atoms. The molecule has 9 N–H and O–H groups in total. The molecule has 7 atom stereocenters. The molecule has 1 aromatic carbocycles. The van der Waals surface area contributed by atoms with Gasteiger partial charge in [0, 0.05) is 36.4 Å². The molecule has 326 valence electrons. The number of anilines is 2. The van der Waals surface area contributed by atoms with Crippen LogP contribution in [0, 0.1) is 0 Å². The van der Waals surface area contributed by atoms with E-state index < -0.39 is 78.8 Å². The van der Waals surface area contributed by atoms with Crippen LogP contribution in [0.5, 0.6) is 0 Å². The second-order valence-corrected chi connectivity index (χ2v) is 15.7. The van der Waals surface area contributed by atoms with Crippen molar-refractivity contribution in [1.29, 1.82) is 0 Å². The number of piperidine rings is 1. The molecule has 0 spiro atoms. The molecule has 3 aliphatic heterocycles. The van der Waals surface area contributed by atoms with Crippen molar-refractivity contribution in [2.24, 2.45) is 0 Å². The summed E-state index contributed by atoms with van der Waals surface area (Å²) < 4.78 is 6.35. The lowest BCUT2D eigenvalue weighted by atomic mass is 9.95. The van der Waals surface area contributed by atoms with Crippen molar-refractivity contribution in [3.8, 4) is 0 Å². The van der Waals surface area contributed by atoms with Gasteiger partial charge in [0.1, 0.15) is 48.8 Å². The Morgan fingerprint density at radius 1 is 0.967 bits per heavy atom. The number of likely N-dealkylation sites (tertiary alicyclic amines) is 1. The zero-order chi connectivity index (χ0) is 43.8. The summed E-state index contributed by atoms with van der Waals surface area (Å²) in [5.41, 5.74) is 2.51. The number of H-pyrrole nitrogens is 1. The van der Waals surface area contributed by atoms with Gasteiger partial charge in [-0.15, -0.1) is 0 Å². The third-order valence-electron chi connectivity index (χ3n) is 11.0. The molecule has 6 rings (SSSR count). The minimum Gasteiger partial charge on any atom is -0.394 e. The number of imide groups is 1. The molecule has 2 aromatic heterocycles. The van der Waals surface area contributed by atoms with Crippen molar-refractivity contribution in [1.82, 2.24) is 40.8 Å². The Hall–Kier alpha value is -6.13. The summed E-state index contributed by atoms with van der Waals surface area (Å²) in [6.07, 6.45) is 2.28. The number of fused-ring (bicyclic) bond motifs is 1. The Balaban J connectivity index is 1.01. The third kappa shape index (κ3) is 10.8. The lowest BCUT2D eigenvalue weighted by Crippen LogP contribution is -2.67. The Morgan fingerprint density at radius 3 is 2.34 bits per heavy atom. The third-order valence-corrected chi connectivity index (χ3v) is 11.0. The first-order valence-electron chi connectivity index (χ1n) is 20.0. The first kappa shape index (κ1) is 44.4. The summed E-state index contributed by atoms with van der Waals surface area (Å²) >= 11 is 0. The standard InChI is InChI=1S/C40H51N11O10/c1-22(2)31(47-27(53)13-14-50-29(55)11-12-30(50)56)39(60)45-23(3)38(59)46-25-9-7-24(8-10-25)17-51(15-5-4-6-16-51)18-28(54)48-32-26(19-52)61-40(35(58)34(32)57)49-37-33-36(42-20-41-33)43-21-44-37/h7-12,20-21,23,26,31-32,34-35,40,52,57-58H,1,4-6,13-19H2,2-3H3,(H5-,41,42,43,44,45,46,47,48,49,53,54,55,56,59,60)/p+1/t23-,26-,31-,32-,34+,35-,40-/m0/s1. The van der Waals surface area contributed by atoms with E-state index in [0.29, 0.717) is 46.5 Å². The molecule has 0 radical (unpaired) electrons. The van der Waals surface area contributed by atoms with Gasteiger partial charge in [0.15, 0.2) is 24.2 Å². The highest BCUT2D eigenvalue weighted by Gasteiger charge is 2.46. The summed E-state index contributed by atoms with van der Waals surface area (Å²) in [5.74, 6) is -2.94. The minimum atomic E-state index is -1.50. The first-order chi connectivity index (χ1) is 29.2. The van der Waals surface area contributed by atoms with E-state index in [4.69, 9.17) is 4.74 Å². The van der Waals surface area contributed by atoms with Gasteiger partial charge in [0.2, 0.25) is 17.7 Å². The topological polar surface area (TPSA) is 290 Å². The normalized spacial score (nSPS) is 23.2. The van der Waals surface area contributed by atoms with Gasteiger partial charge >= 0.3 is 0 Å². The Labute approximate surface area is 350 Å². The van der Waals surface area contributed by atoms with Crippen LogP contribution in [-0.4, -0.2) is 156 Å². The van der Waals surface area contributed by atoms with Crippen LogP contribution in [0.1, 0.15) is 45.1 Å². The number of nitrogens with one attached hydrogen (secondary N) is 6. The number of nitrogens with zero attached hydrogens (tertiary/aromatic N) is 5. The number of amides is 6. The quantitative estimate of drug-likeness (QED) is 0.0434. The fraction of sp³-hybridized carbons (Fsp3) is 0.475. The van der Waals surface area contributed by atoms with Crippen LogP contribution in [0.15, 0.2) is 61.2 Å². The van der Waals surface area contributed by atoms with Crippen LogP contribution < -0.4 is 26.6 Å². The summed E-state index contributed by atoms with van der Waals surface area (Å²) in [5, 5.41) is 46.1. The molecule has 0 unspecified atom stereocenters. The second kappa shape index (κ2) is 19.5. The number of carbonyl (C=O) groups excluding carboxylic acids is 6. The lowest BCUT2D eigenvalue weighted by molar-refractivity contribution is -0.938. The van der Waals surface area contributed by atoms with Crippen LogP contribution in [0.2, 0.25) is 0 Å². The molecule has 3 aliphatic rings. The van der Waals surface area contributed by atoms with Gasteiger partial charge in [-0.1, -0.05) is 18.7 Å². The van der Waals surface area contributed by atoms with E-state index in [1.165, 1.54) is 19.6 Å². The smallest absolute Gasteiger partial charge is 0.275 e. The van der Waals surface area contributed by atoms with Crippen LogP contribution in [0.3, 0.4) is 0 Å². The van der Waals surface area contributed by atoms with Crippen LogP contribution in [0.25, 0.3) is 11.2 Å². The van der Waals surface area contributed by atoms with Crippen molar-refractivity contribution in [3.63, 3.8) is 0 Å². The number of rotatable bonds is 17. The number of carbonyl (C=O) groups is 6. The van der Waals surface area contributed by atoms with Gasteiger partial charge < -0.3 is 56.1 Å². The fourth-order valence-corrected chi connectivity index (χ4v) is 7.72. The number of quaternary nitrogens is 1. The SMILES string of the molecule is C=C(C)[C@H](NC(=O)CCN1C(=O)C=CC1=O)C(=O)N[C@@H](C)C(=O)Nc1ccc(C[N+]2(CC(=O)N[C@@H]3[C@@H](O)[C@H](O)[C@@H](Nc4ncnc5nc[nH]c45)O[C@H]3CO)CCCCC2)cc1. The number of aromatic amines is 1. The lowest BCUT2D eigenvalue weighted by Gasteiger charge is -2.44. The number of hydrogen-bond acceptors (Lipinski definition) is 14. The molecule has 3 aromatic rings. The fourth-order valence-electron chi connectivity index (χ4n) is 7.72. The van der Waals surface area contributed by atoms with E-state index in [1.54, 1.807) is 19.1 Å². The summed E-state index contributed by atoms with van der Waals surface area (Å²) in [4.78, 5) is 92.1. The van der Waals surface area contributed by atoms with Crippen molar-refractivity contribution in [3.05, 3.63) is 66.8 Å². The molecule has 0 saturated carbocycles. The van der Waals surface area contributed by atoms with Crippen molar-refractivity contribution in [2.75, 3.05) is 43.4 Å². The maximum Gasteiger partial charge on any atom is 0.275 e. The predicted octanol–water partition coefficient (Wildman–Crippen LogP) is -1.29. The van der Waals surface area contributed by atoms with Gasteiger partial charge in [0.25, 0.3) is 17.7 Å². The highest BCUT2D eigenvalue weighted by molar-refractivity contribution is 6.13. The summed E-state index contributed by atoms with van der Waals surface area (Å²) in [6.45, 7) is 8.08. The molecule has 21 nitrogen and oxygen atoms in total. The largest absolute Gasteiger partial charge is 0.394 e. The average Bonchev–Trinajstić information content (AvgIpc) is 3.85. The number of aliphatic hydroxyl groups is 3. The number of aliphatic hydroxyl groups excluding tert-OH is 3. The number of imidazole rings is 1. The molecule has 2 saturated heterocycles. The first-order valence-corrected chi connectivity index (χ1v) is 20.0. The molecule has 5 heterocycles. The Bertz CT molecular complexity index is 2140. The number of hydrogen-bond donors (Lipinski definition) is 9. The maximum atomic E-state index is 13.7. The van der Waals surface area contributed by atoms with Gasteiger partial charge in [0.05, 0.1) is 32.1 Å². The van der Waals surface area contributed by atoms with Gasteiger partial charge in [-0.25, -0.2) is 15.0 Å². The zero-order valence-corrected chi connectivity index (χ0v) is 33.9. The summed E-state index contributed by atoms with van der Waals surface area (Å²) in [7, 11) is 0. The van der Waals surface area contributed by atoms with Crippen LogP contribution in [0.4, 0.5) is 11.5 Å². The predicted molar refractivity (Wildman–Crippen MR) is 217 cm³/mol. The van der Waals surface area contributed by atoms with Gasteiger partial charge in [-0.2, -0.15) is 0 Å². The van der Waals surface area contributed by atoms with E-state index in [0.717, 1.165) is 41.9 Å². The monoisotopic (exact) mass is 846 g/mol. The van der Waals surface area contributed by atoms with E-state index >= 15 is 0 Å².